The van der Waals surface area contributed by atoms with Gasteiger partial charge in [0.2, 0.25) is 5.88 Å². The lowest BCUT2D eigenvalue weighted by Crippen LogP contribution is -2.40. The van der Waals surface area contributed by atoms with Crippen LogP contribution in [-0.4, -0.2) is 40.2 Å². The van der Waals surface area contributed by atoms with E-state index in [1.807, 2.05) is 24.4 Å². The van der Waals surface area contributed by atoms with Crippen molar-refractivity contribution in [2.24, 2.45) is 5.92 Å². The maximum atomic E-state index is 11.4. The van der Waals surface area contributed by atoms with E-state index < -0.39 is 11.9 Å². The number of methoxy groups -OCH3 is 1. The molecule has 0 bridgehead atoms. The van der Waals surface area contributed by atoms with Crippen molar-refractivity contribution in [2.45, 2.75) is 95.7 Å². The number of hydrogen-bond acceptors (Lipinski definition) is 5. The number of carbonyl (C=O) groups is 1. The van der Waals surface area contributed by atoms with Crippen LogP contribution in [0.3, 0.4) is 0 Å². The lowest BCUT2D eigenvalue weighted by Gasteiger charge is -2.37. The maximum Gasteiger partial charge on any atom is 0.306 e. The molecule has 6 heteroatoms. The van der Waals surface area contributed by atoms with Crippen LogP contribution >= 0.6 is 0 Å². The van der Waals surface area contributed by atoms with Crippen molar-refractivity contribution >= 4 is 5.97 Å². The number of aryl methyl sites for hydroxylation is 1. The zero-order valence-electron chi connectivity index (χ0n) is 25.1. The number of piperidine rings is 1. The predicted molar refractivity (Wildman–Crippen MR) is 165 cm³/mol. The van der Waals surface area contributed by atoms with Crippen LogP contribution in [0.5, 0.6) is 11.6 Å². The molecule has 3 heterocycles. The van der Waals surface area contributed by atoms with Gasteiger partial charge >= 0.3 is 5.97 Å². The van der Waals surface area contributed by atoms with Gasteiger partial charge < -0.3 is 14.6 Å². The molecule has 42 heavy (non-hydrogen) atoms. The number of hydrogen-bond donors (Lipinski definition) is 1. The van der Waals surface area contributed by atoms with Gasteiger partial charge in [-0.1, -0.05) is 62.9 Å². The van der Waals surface area contributed by atoms with E-state index in [1.54, 1.807) is 14.0 Å². The Morgan fingerprint density at radius 3 is 2.64 bits per heavy atom. The summed E-state index contributed by atoms with van der Waals surface area (Å²) in [5, 5.41) is 9.34. The van der Waals surface area contributed by atoms with Gasteiger partial charge in [-0.25, -0.2) is 4.98 Å². The van der Waals surface area contributed by atoms with E-state index in [0.717, 1.165) is 42.8 Å². The third-order valence-electron chi connectivity index (χ3n) is 9.33. The summed E-state index contributed by atoms with van der Waals surface area (Å²) < 4.78 is 12.0. The Balaban J connectivity index is 0.000000990. The minimum atomic E-state index is -0.771. The van der Waals surface area contributed by atoms with Crippen molar-refractivity contribution in [3.63, 3.8) is 0 Å². The van der Waals surface area contributed by atoms with Gasteiger partial charge in [-0.2, -0.15) is 0 Å². The van der Waals surface area contributed by atoms with Crippen LogP contribution in [0.15, 0.2) is 54.7 Å². The first-order chi connectivity index (χ1) is 20.4. The first-order valence-electron chi connectivity index (χ1n) is 15.8. The Hall–Kier alpha value is -3.38. The highest BCUT2D eigenvalue weighted by molar-refractivity contribution is 5.70. The molecule has 2 aromatic carbocycles. The van der Waals surface area contributed by atoms with E-state index in [9.17, 15) is 9.90 Å². The van der Waals surface area contributed by atoms with Gasteiger partial charge in [-0.15, -0.1) is 0 Å². The Morgan fingerprint density at radius 1 is 1.07 bits per heavy atom. The van der Waals surface area contributed by atoms with Crippen molar-refractivity contribution in [1.29, 1.82) is 0 Å². The number of ether oxygens (including phenoxy) is 2. The summed E-state index contributed by atoms with van der Waals surface area (Å²) in [6.07, 6.45) is 15.2. The molecule has 2 unspecified atom stereocenters. The fraction of sp³-hybridized carbons (Fsp3) is 0.500. The van der Waals surface area contributed by atoms with Crippen LogP contribution in [-0.2, 0) is 24.2 Å². The first kappa shape index (κ1) is 28.7. The summed E-state index contributed by atoms with van der Waals surface area (Å²) in [6, 6.07) is 17.1. The number of pyridine rings is 1. The predicted octanol–water partition coefficient (Wildman–Crippen LogP) is 7.78. The van der Waals surface area contributed by atoms with Crippen LogP contribution in [0.1, 0.15) is 93.1 Å². The quantitative estimate of drug-likeness (QED) is 0.299. The van der Waals surface area contributed by atoms with Crippen LogP contribution < -0.4 is 9.47 Å². The zero-order valence-corrected chi connectivity index (χ0v) is 25.1. The SMILES string of the molecule is C1CC1.COc1cc(-c2ccc(C3CCc4ccc(CC(C)C(=O)O)cc4O3)cc2CN2CCCCC23CC3)ccn1. The number of rotatable bonds is 8. The molecule has 1 saturated heterocycles. The number of carboxylic acid groups (broad SMARTS) is 1. The second-order valence-corrected chi connectivity index (χ2v) is 12.7. The summed E-state index contributed by atoms with van der Waals surface area (Å²) >= 11 is 0. The monoisotopic (exact) mass is 568 g/mol. The van der Waals surface area contributed by atoms with E-state index in [2.05, 4.69) is 40.2 Å². The van der Waals surface area contributed by atoms with Gasteiger partial charge in [0.15, 0.2) is 0 Å². The summed E-state index contributed by atoms with van der Waals surface area (Å²) in [5.41, 5.74) is 7.48. The summed E-state index contributed by atoms with van der Waals surface area (Å²) in [5.74, 6) is 0.319. The molecule has 2 atom stereocenters. The molecule has 1 N–H and O–H groups in total. The van der Waals surface area contributed by atoms with Crippen LogP contribution in [0.25, 0.3) is 11.1 Å². The topological polar surface area (TPSA) is 71.9 Å². The second kappa shape index (κ2) is 12.5. The zero-order chi connectivity index (χ0) is 29.1. The van der Waals surface area contributed by atoms with Crippen molar-refractivity contribution in [3.8, 4) is 22.8 Å². The minimum Gasteiger partial charge on any atom is -0.485 e. The molecule has 3 fully saturated rings. The van der Waals surface area contributed by atoms with Gasteiger partial charge in [0, 0.05) is 24.3 Å². The van der Waals surface area contributed by atoms with E-state index in [0.29, 0.717) is 17.8 Å². The van der Waals surface area contributed by atoms with E-state index in [4.69, 9.17) is 9.47 Å². The molecule has 4 aliphatic rings. The Bertz CT molecular complexity index is 1410. The molecule has 1 spiro atoms. The number of nitrogens with zero attached hydrogens (tertiary/aromatic N) is 2. The number of aromatic nitrogens is 1. The molecular formula is C36H44N2O4. The molecule has 3 aromatic rings. The van der Waals surface area contributed by atoms with Crippen LogP contribution in [0.2, 0.25) is 0 Å². The fourth-order valence-corrected chi connectivity index (χ4v) is 6.45. The van der Waals surface area contributed by atoms with Gasteiger partial charge in [0.1, 0.15) is 11.9 Å². The lowest BCUT2D eigenvalue weighted by atomic mass is 9.91. The molecule has 2 aliphatic heterocycles. The smallest absolute Gasteiger partial charge is 0.306 e. The van der Waals surface area contributed by atoms with E-state index in [1.165, 1.54) is 73.6 Å². The molecule has 7 rings (SSSR count). The summed E-state index contributed by atoms with van der Waals surface area (Å²) in [7, 11) is 1.66. The number of fused-ring (bicyclic) bond motifs is 1. The highest BCUT2D eigenvalue weighted by Gasteiger charge is 2.48. The third kappa shape index (κ3) is 6.64. The third-order valence-corrected chi connectivity index (χ3v) is 9.33. The van der Waals surface area contributed by atoms with Crippen LogP contribution in [0, 0.1) is 5.92 Å². The van der Waals surface area contributed by atoms with Crippen molar-refractivity contribution in [1.82, 2.24) is 9.88 Å². The first-order valence-corrected chi connectivity index (χ1v) is 15.8. The van der Waals surface area contributed by atoms with E-state index >= 15 is 0 Å². The Labute approximate surface area is 250 Å². The molecule has 222 valence electrons. The Morgan fingerprint density at radius 2 is 1.90 bits per heavy atom. The maximum absolute atomic E-state index is 11.4. The fourth-order valence-electron chi connectivity index (χ4n) is 6.45. The Kier molecular flexibility index (Phi) is 8.53. The average molecular weight is 569 g/mol. The number of carboxylic acids is 1. The van der Waals surface area contributed by atoms with Crippen molar-refractivity contribution in [2.75, 3.05) is 13.7 Å². The van der Waals surface area contributed by atoms with Gasteiger partial charge in [0.05, 0.1) is 13.0 Å². The van der Waals surface area contributed by atoms with Gasteiger partial charge in [-0.05, 0) is 97.0 Å². The average Bonchev–Trinajstić information content (AvgIpc) is 3.95. The number of benzene rings is 2. The van der Waals surface area contributed by atoms with Crippen molar-refractivity contribution in [3.05, 3.63) is 77.0 Å². The molecule has 1 aromatic heterocycles. The summed E-state index contributed by atoms with van der Waals surface area (Å²) in [4.78, 5) is 18.4. The summed E-state index contributed by atoms with van der Waals surface area (Å²) in [6.45, 7) is 3.85. The normalized spacial score (nSPS) is 20.9. The van der Waals surface area contributed by atoms with E-state index in [-0.39, 0.29) is 6.10 Å². The molecule has 0 radical (unpaired) electrons. The highest BCUT2D eigenvalue weighted by Crippen LogP contribution is 2.49. The van der Waals surface area contributed by atoms with Gasteiger partial charge in [-0.3, -0.25) is 9.69 Å². The minimum absolute atomic E-state index is 0.0272. The molecule has 6 nitrogen and oxygen atoms in total. The largest absolute Gasteiger partial charge is 0.485 e. The molecule has 2 saturated carbocycles. The number of aliphatic carboxylic acids is 1. The molecule has 2 aliphatic carbocycles. The number of likely N-dealkylation sites (tertiary alicyclic amines) is 1. The molecular weight excluding hydrogens is 524 g/mol. The van der Waals surface area contributed by atoms with Gasteiger partial charge in [0.25, 0.3) is 0 Å². The standard InChI is InChI=1S/C33H38N2O4.C3H6/c1-22(32(36)37)17-23-5-6-24-8-10-29(39-30(24)18-23)26-7-9-28(25-11-15-34-31(20-25)38-2)27(19-26)21-35-16-4-3-12-33(35)13-14-33;1-2-3-1/h5-7,9,11,15,18-20,22,29H,3-4,8,10,12-14,16-17,21H2,1-2H3,(H,36,37);1-3H2. The second-order valence-electron chi connectivity index (χ2n) is 12.7. The molecule has 0 amide bonds. The highest BCUT2D eigenvalue weighted by atomic mass is 16.5. The van der Waals surface area contributed by atoms with Crippen molar-refractivity contribution < 1.29 is 19.4 Å². The van der Waals surface area contributed by atoms with Crippen LogP contribution in [0.4, 0.5) is 0 Å². The lowest BCUT2D eigenvalue weighted by molar-refractivity contribution is -0.141.